The molecule has 1 aliphatic rings. The normalized spacial score (nSPS) is 15.0. The molecule has 1 aromatic rings. The Labute approximate surface area is 93.4 Å². The van der Waals surface area contributed by atoms with Gasteiger partial charge in [0, 0.05) is 5.02 Å². The molecule has 1 N–H and O–H groups in total. The molecule has 15 heavy (non-hydrogen) atoms. The quantitative estimate of drug-likeness (QED) is 0.737. The van der Waals surface area contributed by atoms with E-state index >= 15 is 0 Å². The van der Waals surface area contributed by atoms with Crippen LogP contribution in [0.3, 0.4) is 0 Å². The van der Waals surface area contributed by atoms with Crippen molar-refractivity contribution in [3.63, 3.8) is 0 Å². The first-order valence-corrected chi connectivity index (χ1v) is 5.19. The standard InChI is InChI=1S/C11H12ClNO2/c1-6-5-8-11(7(2)10(6)12)13-9(14)3-4-15-8/h5H,3-4H2,1-2H3,(H,13,14). The van der Waals surface area contributed by atoms with Crippen molar-refractivity contribution < 1.29 is 9.53 Å². The SMILES string of the molecule is Cc1cc2c(c(C)c1Cl)NC(=O)CCO2. The van der Waals surface area contributed by atoms with Gasteiger partial charge in [-0.1, -0.05) is 11.6 Å². The lowest BCUT2D eigenvalue weighted by atomic mass is 10.1. The zero-order valence-electron chi connectivity index (χ0n) is 8.69. The fraction of sp³-hybridized carbons (Fsp3) is 0.364. The number of halogens is 1. The van der Waals surface area contributed by atoms with Crippen LogP contribution < -0.4 is 10.1 Å². The number of carbonyl (C=O) groups excluding carboxylic acids is 1. The van der Waals surface area contributed by atoms with E-state index in [4.69, 9.17) is 16.3 Å². The summed E-state index contributed by atoms with van der Waals surface area (Å²) in [6.07, 6.45) is 0.380. The maximum Gasteiger partial charge on any atom is 0.227 e. The molecule has 0 saturated heterocycles. The molecule has 0 atom stereocenters. The Morgan fingerprint density at radius 1 is 1.47 bits per heavy atom. The van der Waals surface area contributed by atoms with Gasteiger partial charge in [-0.15, -0.1) is 0 Å². The molecular formula is C11H12ClNO2. The molecule has 0 spiro atoms. The highest BCUT2D eigenvalue weighted by molar-refractivity contribution is 6.32. The summed E-state index contributed by atoms with van der Waals surface area (Å²) in [4.78, 5) is 11.4. The number of aryl methyl sites for hydroxylation is 1. The van der Waals surface area contributed by atoms with Crippen LogP contribution in [-0.4, -0.2) is 12.5 Å². The molecule has 1 amide bonds. The summed E-state index contributed by atoms with van der Waals surface area (Å²) >= 11 is 6.11. The average Bonchev–Trinajstić information content (AvgIpc) is 2.37. The number of rotatable bonds is 0. The number of benzene rings is 1. The van der Waals surface area contributed by atoms with Crippen molar-refractivity contribution in [2.75, 3.05) is 11.9 Å². The van der Waals surface area contributed by atoms with Crippen LogP contribution in [0.15, 0.2) is 6.07 Å². The second-order valence-electron chi connectivity index (χ2n) is 3.65. The van der Waals surface area contributed by atoms with Gasteiger partial charge in [0.25, 0.3) is 0 Å². The van der Waals surface area contributed by atoms with E-state index in [-0.39, 0.29) is 5.91 Å². The number of hydrogen-bond acceptors (Lipinski definition) is 2. The lowest BCUT2D eigenvalue weighted by Crippen LogP contribution is -2.11. The molecule has 0 bridgehead atoms. The van der Waals surface area contributed by atoms with Gasteiger partial charge in [0.1, 0.15) is 5.75 Å². The van der Waals surface area contributed by atoms with Gasteiger partial charge in [-0.05, 0) is 31.0 Å². The molecule has 0 unspecified atom stereocenters. The Morgan fingerprint density at radius 3 is 2.93 bits per heavy atom. The van der Waals surface area contributed by atoms with Crippen LogP contribution in [0.4, 0.5) is 5.69 Å². The number of fused-ring (bicyclic) bond motifs is 1. The molecule has 80 valence electrons. The summed E-state index contributed by atoms with van der Waals surface area (Å²) in [5.74, 6) is 0.678. The van der Waals surface area contributed by atoms with Crippen molar-refractivity contribution in [1.29, 1.82) is 0 Å². The zero-order chi connectivity index (χ0) is 11.0. The third-order valence-corrected chi connectivity index (χ3v) is 3.08. The number of carbonyl (C=O) groups is 1. The molecule has 1 aliphatic heterocycles. The predicted molar refractivity (Wildman–Crippen MR) is 59.7 cm³/mol. The molecule has 1 aromatic carbocycles. The summed E-state index contributed by atoms with van der Waals surface area (Å²) in [6.45, 7) is 4.22. The molecule has 1 heterocycles. The van der Waals surface area contributed by atoms with E-state index < -0.39 is 0 Å². The minimum atomic E-state index is -0.0308. The van der Waals surface area contributed by atoms with Crippen molar-refractivity contribution in [1.82, 2.24) is 0 Å². The van der Waals surface area contributed by atoms with Crippen LogP contribution in [0.25, 0.3) is 0 Å². The second-order valence-corrected chi connectivity index (χ2v) is 4.03. The van der Waals surface area contributed by atoms with Crippen LogP contribution in [0.2, 0.25) is 5.02 Å². The highest BCUT2D eigenvalue weighted by atomic mass is 35.5. The van der Waals surface area contributed by atoms with Crippen LogP contribution in [0.1, 0.15) is 17.5 Å². The molecule has 2 rings (SSSR count). The van der Waals surface area contributed by atoms with Gasteiger partial charge in [-0.2, -0.15) is 0 Å². The van der Waals surface area contributed by atoms with Gasteiger partial charge in [-0.3, -0.25) is 4.79 Å². The second kappa shape index (κ2) is 3.74. The first-order chi connectivity index (χ1) is 7.09. The summed E-state index contributed by atoms with van der Waals surface area (Å²) in [5.41, 5.74) is 2.53. The van der Waals surface area contributed by atoms with Gasteiger partial charge in [0.05, 0.1) is 18.7 Å². The lowest BCUT2D eigenvalue weighted by Gasteiger charge is -2.13. The van der Waals surface area contributed by atoms with E-state index in [0.29, 0.717) is 29.5 Å². The van der Waals surface area contributed by atoms with Gasteiger partial charge in [-0.25, -0.2) is 0 Å². The van der Waals surface area contributed by atoms with E-state index in [1.54, 1.807) is 0 Å². The summed E-state index contributed by atoms with van der Waals surface area (Å²) in [7, 11) is 0. The molecule has 0 aliphatic carbocycles. The lowest BCUT2D eigenvalue weighted by molar-refractivity contribution is -0.116. The Hall–Kier alpha value is -1.22. The Kier molecular flexibility index (Phi) is 2.57. The molecule has 0 saturated carbocycles. The number of anilines is 1. The van der Waals surface area contributed by atoms with Crippen LogP contribution in [0.5, 0.6) is 5.75 Å². The zero-order valence-corrected chi connectivity index (χ0v) is 9.44. The third-order valence-electron chi connectivity index (χ3n) is 2.50. The highest BCUT2D eigenvalue weighted by Gasteiger charge is 2.18. The maximum absolute atomic E-state index is 11.4. The number of amides is 1. The fourth-order valence-corrected chi connectivity index (χ4v) is 1.80. The van der Waals surface area contributed by atoms with E-state index in [2.05, 4.69) is 5.32 Å². The van der Waals surface area contributed by atoms with Crippen molar-refractivity contribution >= 4 is 23.2 Å². The van der Waals surface area contributed by atoms with Crippen molar-refractivity contribution in [3.05, 3.63) is 22.2 Å². The van der Waals surface area contributed by atoms with Gasteiger partial charge >= 0.3 is 0 Å². The summed E-state index contributed by atoms with van der Waals surface area (Å²) in [5, 5.41) is 3.49. The highest BCUT2D eigenvalue weighted by Crippen LogP contribution is 2.37. The predicted octanol–water partition coefficient (Wildman–Crippen LogP) is 2.68. The number of nitrogens with one attached hydrogen (secondary N) is 1. The van der Waals surface area contributed by atoms with E-state index in [9.17, 15) is 4.79 Å². The van der Waals surface area contributed by atoms with Crippen LogP contribution in [0, 0.1) is 13.8 Å². The Morgan fingerprint density at radius 2 is 2.20 bits per heavy atom. The molecule has 0 fully saturated rings. The topological polar surface area (TPSA) is 38.3 Å². The third kappa shape index (κ3) is 1.79. The van der Waals surface area contributed by atoms with Gasteiger partial charge < -0.3 is 10.1 Å². The molecular weight excluding hydrogens is 214 g/mol. The number of hydrogen-bond donors (Lipinski definition) is 1. The number of ether oxygens (including phenoxy) is 1. The van der Waals surface area contributed by atoms with Crippen molar-refractivity contribution in [3.8, 4) is 5.75 Å². The average molecular weight is 226 g/mol. The van der Waals surface area contributed by atoms with Gasteiger partial charge in [0.2, 0.25) is 5.91 Å². The summed E-state index contributed by atoms with van der Waals surface area (Å²) in [6, 6.07) is 1.86. The van der Waals surface area contributed by atoms with E-state index in [1.807, 2.05) is 19.9 Å². The molecule has 0 radical (unpaired) electrons. The van der Waals surface area contributed by atoms with Gasteiger partial charge in [0.15, 0.2) is 0 Å². The van der Waals surface area contributed by atoms with Crippen molar-refractivity contribution in [2.24, 2.45) is 0 Å². The summed E-state index contributed by atoms with van der Waals surface area (Å²) < 4.78 is 5.49. The van der Waals surface area contributed by atoms with E-state index in [1.165, 1.54) is 0 Å². The molecule has 4 heteroatoms. The maximum atomic E-state index is 11.4. The minimum absolute atomic E-state index is 0.0308. The monoisotopic (exact) mass is 225 g/mol. The van der Waals surface area contributed by atoms with Crippen LogP contribution in [-0.2, 0) is 4.79 Å². The van der Waals surface area contributed by atoms with E-state index in [0.717, 1.165) is 11.1 Å². The molecule has 3 nitrogen and oxygen atoms in total. The Bertz CT molecular complexity index is 429. The first kappa shape index (κ1) is 10.3. The largest absolute Gasteiger partial charge is 0.491 e. The smallest absolute Gasteiger partial charge is 0.227 e. The van der Waals surface area contributed by atoms with Crippen molar-refractivity contribution in [2.45, 2.75) is 20.3 Å². The fourth-order valence-electron chi connectivity index (χ4n) is 1.65. The first-order valence-electron chi connectivity index (χ1n) is 4.82. The van der Waals surface area contributed by atoms with Crippen LogP contribution >= 0.6 is 11.6 Å². The Balaban J connectivity index is 2.58. The molecule has 0 aromatic heterocycles. The minimum Gasteiger partial charge on any atom is -0.491 e.